The fourth-order valence-electron chi connectivity index (χ4n) is 2.31. The number of carbonyl (C=O) groups is 2. The Morgan fingerprint density at radius 2 is 2.10 bits per heavy atom. The lowest BCUT2D eigenvalue weighted by Crippen LogP contribution is -2.43. The van der Waals surface area contributed by atoms with Gasteiger partial charge >= 0.3 is 12.1 Å². The molecule has 1 aliphatic rings. The number of rotatable bonds is 4. The van der Waals surface area contributed by atoms with E-state index in [4.69, 9.17) is 9.84 Å². The normalized spacial score (nSPS) is 17.0. The maximum absolute atomic E-state index is 12.3. The highest BCUT2D eigenvalue weighted by Gasteiger charge is 2.33. The molecule has 0 spiro atoms. The Kier molecular flexibility index (Phi) is 5.01. The molecule has 1 aromatic carbocycles. The molecule has 1 atom stereocenters. The highest BCUT2D eigenvalue weighted by atomic mass is 79.9. The van der Waals surface area contributed by atoms with Gasteiger partial charge in [-0.3, -0.25) is 9.69 Å². The van der Waals surface area contributed by atoms with Gasteiger partial charge in [0.25, 0.3) is 0 Å². The number of para-hydroxylation sites is 1. The smallest absolute Gasteiger partial charge is 0.414 e. The summed E-state index contributed by atoms with van der Waals surface area (Å²) in [5.74, 6) is -0.891. The maximum Gasteiger partial charge on any atom is 0.414 e. The standard InChI is InChI=1S/C15H16BrNO4/c1-2-21-15(20)17-12-6-4-3-5-10(12)9-11(16)13(17)7-8-14(18)19/h3-6,9,13H,2,7-8H2,1H3,(H,18,19). The molecule has 1 amide bonds. The lowest BCUT2D eigenvalue weighted by molar-refractivity contribution is -0.137. The quantitative estimate of drug-likeness (QED) is 0.897. The van der Waals surface area contributed by atoms with E-state index in [1.54, 1.807) is 6.92 Å². The molecule has 5 nitrogen and oxygen atoms in total. The van der Waals surface area contributed by atoms with E-state index in [1.807, 2.05) is 30.3 Å². The van der Waals surface area contributed by atoms with Gasteiger partial charge in [-0.05, 0) is 31.1 Å². The molecule has 0 fully saturated rings. The third-order valence-electron chi connectivity index (χ3n) is 3.22. The first-order chi connectivity index (χ1) is 10.0. The summed E-state index contributed by atoms with van der Waals surface area (Å²) < 4.78 is 5.89. The van der Waals surface area contributed by atoms with Crippen LogP contribution in [0.1, 0.15) is 25.3 Å². The van der Waals surface area contributed by atoms with Gasteiger partial charge in [-0.1, -0.05) is 34.1 Å². The van der Waals surface area contributed by atoms with Crippen molar-refractivity contribution in [3.05, 3.63) is 34.3 Å². The Hall–Kier alpha value is -1.82. The van der Waals surface area contributed by atoms with E-state index < -0.39 is 12.1 Å². The van der Waals surface area contributed by atoms with E-state index in [9.17, 15) is 9.59 Å². The fourth-order valence-corrected chi connectivity index (χ4v) is 2.99. The summed E-state index contributed by atoms with van der Waals surface area (Å²) in [6.45, 7) is 2.01. The molecule has 1 aliphatic heterocycles. The molecule has 1 aromatic rings. The lowest BCUT2D eigenvalue weighted by atomic mass is 10.00. The number of nitrogens with zero attached hydrogens (tertiary/aromatic N) is 1. The number of aliphatic carboxylic acids is 1. The summed E-state index contributed by atoms with van der Waals surface area (Å²) in [6.07, 6.45) is 1.74. The number of ether oxygens (including phenoxy) is 1. The summed E-state index contributed by atoms with van der Waals surface area (Å²) in [5, 5.41) is 8.88. The minimum atomic E-state index is -0.891. The SMILES string of the molecule is CCOC(=O)N1c2ccccc2C=C(Br)C1CCC(=O)O. The topological polar surface area (TPSA) is 66.8 Å². The zero-order valence-electron chi connectivity index (χ0n) is 11.6. The molecular formula is C15H16BrNO4. The van der Waals surface area contributed by atoms with Crippen LogP contribution in [-0.4, -0.2) is 29.8 Å². The van der Waals surface area contributed by atoms with Crippen molar-refractivity contribution in [2.75, 3.05) is 11.5 Å². The molecule has 6 heteroatoms. The van der Waals surface area contributed by atoms with Gasteiger partial charge in [-0.2, -0.15) is 0 Å². The summed E-state index contributed by atoms with van der Waals surface area (Å²) in [5.41, 5.74) is 1.62. The van der Waals surface area contributed by atoms with Crippen LogP contribution in [0.15, 0.2) is 28.7 Å². The molecule has 0 saturated heterocycles. The monoisotopic (exact) mass is 353 g/mol. The number of anilines is 1. The van der Waals surface area contributed by atoms with Crippen LogP contribution >= 0.6 is 15.9 Å². The molecule has 0 saturated carbocycles. The largest absolute Gasteiger partial charge is 0.481 e. The summed E-state index contributed by atoms with van der Waals surface area (Å²) in [7, 11) is 0. The molecule has 21 heavy (non-hydrogen) atoms. The molecule has 0 aromatic heterocycles. The Bertz CT molecular complexity index is 585. The number of carboxylic acid groups (broad SMARTS) is 1. The van der Waals surface area contributed by atoms with Crippen molar-refractivity contribution in [1.82, 2.24) is 0 Å². The maximum atomic E-state index is 12.3. The first-order valence-electron chi connectivity index (χ1n) is 6.68. The summed E-state index contributed by atoms with van der Waals surface area (Å²) in [6, 6.07) is 7.09. The van der Waals surface area contributed by atoms with E-state index in [1.165, 1.54) is 4.90 Å². The Labute approximate surface area is 131 Å². The number of carbonyl (C=O) groups excluding carboxylic acids is 1. The van der Waals surface area contributed by atoms with Gasteiger partial charge in [0, 0.05) is 10.9 Å². The number of carboxylic acids is 1. The van der Waals surface area contributed by atoms with E-state index in [0.29, 0.717) is 6.42 Å². The number of hydrogen-bond acceptors (Lipinski definition) is 3. The predicted molar refractivity (Wildman–Crippen MR) is 83.5 cm³/mol. The van der Waals surface area contributed by atoms with Gasteiger partial charge in [-0.15, -0.1) is 0 Å². The number of fused-ring (bicyclic) bond motifs is 1. The zero-order chi connectivity index (χ0) is 15.4. The van der Waals surface area contributed by atoms with Crippen molar-refractivity contribution in [2.24, 2.45) is 0 Å². The van der Waals surface area contributed by atoms with E-state index in [-0.39, 0.29) is 19.1 Å². The minimum Gasteiger partial charge on any atom is -0.481 e. The highest BCUT2D eigenvalue weighted by Crippen LogP contribution is 2.37. The predicted octanol–water partition coefficient (Wildman–Crippen LogP) is 3.63. The Morgan fingerprint density at radius 3 is 2.76 bits per heavy atom. The molecule has 2 rings (SSSR count). The van der Waals surface area contributed by atoms with Crippen molar-refractivity contribution < 1.29 is 19.4 Å². The molecule has 1 unspecified atom stereocenters. The first-order valence-corrected chi connectivity index (χ1v) is 7.47. The van der Waals surface area contributed by atoms with Crippen LogP contribution in [0.25, 0.3) is 6.08 Å². The van der Waals surface area contributed by atoms with Crippen molar-refractivity contribution >= 4 is 39.8 Å². The van der Waals surface area contributed by atoms with E-state index >= 15 is 0 Å². The van der Waals surface area contributed by atoms with Gasteiger partial charge in [-0.25, -0.2) is 4.79 Å². The molecule has 1 N–H and O–H groups in total. The van der Waals surface area contributed by atoms with Crippen molar-refractivity contribution in [1.29, 1.82) is 0 Å². The van der Waals surface area contributed by atoms with Crippen LogP contribution in [0.3, 0.4) is 0 Å². The average Bonchev–Trinajstić information content (AvgIpc) is 2.44. The minimum absolute atomic E-state index is 0.0221. The van der Waals surface area contributed by atoms with Crippen LogP contribution in [0, 0.1) is 0 Å². The van der Waals surface area contributed by atoms with Crippen LogP contribution in [0.2, 0.25) is 0 Å². The highest BCUT2D eigenvalue weighted by molar-refractivity contribution is 9.11. The Balaban J connectivity index is 2.38. The van der Waals surface area contributed by atoms with E-state index in [2.05, 4.69) is 15.9 Å². The molecular weight excluding hydrogens is 338 g/mol. The van der Waals surface area contributed by atoms with Gasteiger partial charge in [0.15, 0.2) is 0 Å². The fraction of sp³-hybridized carbons (Fsp3) is 0.333. The molecule has 0 radical (unpaired) electrons. The van der Waals surface area contributed by atoms with Crippen LogP contribution in [-0.2, 0) is 9.53 Å². The third-order valence-corrected chi connectivity index (χ3v) is 3.97. The number of benzene rings is 1. The lowest BCUT2D eigenvalue weighted by Gasteiger charge is -2.35. The second kappa shape index (κ2) is 6.76. The van der Waals surface area contributed by atoms with Crippen molar-refractivity contribution in [2.45, 2.75) is 25.8 Å². The number of hydrogen-bond donors (Lipinski definition) is 1. The van der Waals surface area contributed by atoms with Crippen LogP contribution in [0.5, 0.6) is 0 Å². The second-order valence-corrected chi connectivity index (χ2v) is 5.52. The third kappa shape index (κ3) is 3.44. The van der Waals surface area contributed by atoms with Gasteiger partial charge in [0.1, 0.15) is 0 Å². The van der Waals surface area contributed by atoms with Gasteiger partial charge < -0.3 is 9.84 Å². The number of halogens is 1. The molecule has 1 heterocycles. The second-order valence-electron chi connectivity index (χ2n) is 4.61. The van der Waals surface area contributed by atoms with Crippen LogP contribution in [0.4, 0.5) is 10.5 Å². The summed E-state index contributed by atoms with van der Waals surface area (Å²) in [4.78, 5) is 24.6. The first kappa shape index (κ1) is 15.6. The average molecular weight is 354 g/mol. The van der Waals surface area contributed by atoms with Crippen LogP contribution < -0.4 is 4.90 Å². The molecule has 0 aliphatic carbocycles. The molecule has 112 valence electrons. The van der Waals surface area contributed by atoms with Crippen molar-refractivity contribution in [3.63, 3.8) is 0 Å². The van der Waals surface area contributed by atoms with Gasteiger partial charge in [0.2, 0.25) is 0 Å². The summed E-state index contributed by atoms with van der Waals surface area (Å²) >= 11 is 3.45. The van der Waals surface area contributed by atoms with E-state index in [0.717, 1.165) is 15.7 Å². The molecule has 0 bridgehead atoms. The Morgan fingerprint density at radius 1 is 1.38 bits per heavy atom. The number of amides is 1. The van der Waals surface area contributed by atoms with Gasteiger partial charge in [0.05, 0.1) is 18.3 Å². The zero-order valence-corrected chi connectivity index (χ0v) is 13.2. The van der Waals surface area contributed by atoms with Crippen molar-refractivity contribution in [3.8, 4) is 0 Å².